The van der Waals surface area contributed by atoms with E-state index in [-0.39, 0.29) is 24.2 Å². The summed E-state index contributed by atoms with van der Waals surface area (Å²) < 4.78 is 0. The molecule has 5 nitrogen and oxygen atoms in total. The van der Waals surface area contributed by atoms with Gasteiger partial charge in [0.2, 0.25) is 5.91 Å². The van der Waals surface area contributed by atoms with E-state index in [1.165, 1.54) is 23.3 Å². The molecule has 1 aromatic rings. The fourth-order valence-electron chi connectivity index (χ4n) is 4.13. The van der Waals surface area contributed by atoms with Crippen molar-refractivity contribution in [2.75, 3.05) is 5.32 Å². The van der Waals surface area contributed by atoms with Crippen molar-refractivity contribution in [2.45, 2.75) is 58.8 Å². The molecule has 1 aromatic carbocycles. The van der Waals surface area contributed by atoms with E-state index < -0.39 is 0 Å². The van der Waals surface area contributed by atoms with Gasteiger partial charge in [-0.3, -0.25) is 9.59 Å². The SMILES string of the molecule is Cc1cc(C)cc(NC(=O)CCC2=NC(=O)C3C(=N2)SC2=C3CCCCC2)c1. The highest BCUT2D eigenvalue weighted by molar-refractivity contribution is 8.17. The van der Waals surface area contributed by atoms with Crippen molar-refractivity contribution in [1.82, 2.24) is 0 Å². The number of allylic oxidation sites excluding steroid dienone is 1. The molecule has 2 amide bonds. The average Bonchev–Trinajstić information content (AvgIpc) is 2.81. The van der Waals surface area contributed by atoms with Gasteiger partial charge in [0.1, 0.15) is 11.8 Å². The molecule has 3 aliphatic rings. The van der Waals surface area contributed by atoms with Gasteiger partial charge in [-0.05, 0) is 73.3 Å². The molecule has 4 rings (SSSR count). The van der Waals surface area contributed by atoms with Crippen LogP contribution in [0.1, 0.15) is 56.1 Å². The number of amides is 2. The molecule has 0 fully saturated rings. The normalized spacial score (nSPS) is 21.5. The first-order valence-corrected chi connectivity index (χ1v) is 10.8. The van der Waals surface area contributed by atoms with Crippen LogP contribution in [0.3, 0.4) is 0 Å². The molecular formula is C22H25N3O2S. The predicted octanol–water partition coefficient (Wildman–Crippen LogP) is 4.94. The lowest BCUT2D eigenvalue weighted by molar-refractivity contribution is -0.119. The van der Waals surface area contributed by atoms with Crippen LogP contribution in [0.25, 0.3) is 0 Å². The van der Waals surface area contributed by atoms with E-state index >= 15 is 0 Å². The van der Waals surface area contributed by atoms with E-state index in [4.69, 9.17) is 0 Å². The lowest BCUT2D eigenvalue weighted by Gasteiger charge is -2.16. The van der Waals surface area contributed by atoms with Crippen LogP contribution >= 0.6 is 11.8 Å². The standard InChI is InChI=1S/C22H25N3O2S/c1-13-10-14(2)12-15(11-13)23-19(26)9-8-18-24-21(27)20-16-6-4-3-5-7-17(16)28-22(20)25-18/h10-12,20H,3-9H2,1-2H3,(H,23,26). The van der Waals surface area contributed by atoms with Crippen molar-refractivity contribution >= 4 is 40.1 Å². The van der Waals surface area contributed by atoms with Gasteiger partial charge in [-0.1, -0.05) is 24.2 Å². The van der Waals surface area contributed by atoms with Gasteiger partial charge in [0, 0.05) is 18.5 Å². The molecule has 0 radical (unpaired) electrons. The van der Waals surface area contributed by atoms with Crippen molar-refractivity contribution in [3.63, 3.8) is 0 Å². The number of aliphatic imine (C=N–C) groups is 2. The van der Waals surface area contributed by atoms with Crippen molar-refractivity contribution in [3.8, 4) is 0 Å². The molecule has 0 saturated carbocycles. The quantitative estimate of drug-likeness (QED) is 0.785. The Bertz CT molecular complexity index is 909. The number of anilines is 1. The Morgan fingerprint density at radius 3 is 2.64 bits per heavy atom. The second-order valence-electron chi connectivity index (χ2n) is 7.79. The van der Waals surface area contributed by atoms with E-state index in [0.717, 1.165) is 41.1 Å². The molecule has 0 spiro atoms. The fraction of sp³-hybridized carbons (Fsp3) is 0.455. The fourth-order valence-corrected chi connectivity index (χ4v) is 5.49. The van der Waals surface area contributed by atoms with Crippen LogP contribution in [-0.4, -0.2) is 22.7 Å². The van der Waals surface area contributed by atoms with Gasteiger partial charge >= 0.3 is 0 Å². The van der Waals surface area contributed by atoms with Gasteiger partial charge in [-0.15, -0.1) is 0 Å². The number of aryl methyl sites for hydroxylation is 2. The topological polar surface area (TPSA) is 70.9 Å². The number of carbonyl (C=O) groups is 2. The van der Waals surface area contributed by atoms with Crippen molar-refractivity contribution < 1.29 is 9.59 Å². The van der Waals surface area contributed by atoms with Crippen LogP contribution in [0.2, 0.25) is 0 Å². The minimum Gasteiger partial charge on any atom is -0.326 e. The number of thioether (sulfide) groups is 1. The molecule has 1 unspecified atom stereocenters. The number of carbonyl (C=O) groups excluding carboxylic acids is 2. The number of amidine groups is 1. The van der Waals surface area contributed by atoms with E-state index in [2.05, 4.69) is 21.4 Å². The van der Waals surface area contributed by atoms with Gasteiger partial charge in [-0.25, -0.2) is 4.99 Å². The summed E-state index contributed by atoms with van der Waals surface area (Å²) in [5.41, 5.74) is 4.28. The highest BCUT2D eigenvalue weighted by atomic mass is 32.2. The number of hydrogen-bond donors (Lipinski definition) is 1. The molecule has 28 heavy (non-hydrogen) atoms. The summed E-state index contributed by atoms with van der Waals surface area (Å²) in [4.78, 5) is 35.2. The lowest BCUT2D eigenvalue weighted by Crippen LogP contribution is -2.26. The molecule has 2 aliphatic heterocycles. The van der Waals surface area contributed by atoms with Gasteiger partial charge in [0.15, 0.2) is 0 Å². The van der Waals surface area contributed by atoms with Gasteiger partial charge in [0.05, 0.1) is 5.04 Å². The Morgan fingerprint density at radius 2 is 1.86 bits per heavy atom. The molecule has 6 heteroatoms. The smallest absolute Gasteiger partial charge is 0.261 e. The zero-order valence-electron chi connectivity index (χ0n) is 16.4. The highest BCUT2D eigenvalue weighted by Crippen LogP contribution is 2.46. The number of nitrogens with one attached hydrogen (secondary N) is 1. The van der Waals surface area contributed by atoms with Crippen LogP contribution in [0.15, 0.2) is 38.7 Å². The maximum absolute atomic E-state index is 12.6. The van der Waals surface area contributed by atoms with Crippen molar-refractivity contribution in [2.24, 2.45) is 15.9 Å². The Kier molecular flexibility index (Phi) is 5.49. The highest BCUT2D eigenvalue weighted by Gasteiger charge is 2.39. The Hall–Kier alpha value is -2.21. The summed E-state index contributed by atoms with van der Waals surface area (Å²) in [6.45, 7) is 4.01. The van der Waals surface area contributed by atoms with E-state index in [0.29, 0.717) is 12.3 Å². The maximum Gasteiger partial charge on any atom is 0.261 e. The number of nitrogens with zero attached hydrogens (tertiary/aromatic N) is 2. The van der Waals surface area contributed by atoms with Crippen LogP contribution in [0.5, 0.6) is 0 Å². The van der Waals surface area contributed by atoms with Gasteiger partial charge in [-0.2, -0.15) is 4.99 Å². The molecule has 0 aromatic heterocycles. The summed E-state index contributed by atoms with van der Waals surface area (Å²) >= 11 is 1.67. The largest absolute Gasteiger partial charge is 0.326 e. The first kappa shape index (κ1) is 19.1. The zero-order valence-corrected chi connectivity index (χ0v) is 17.2. The summed E-state index contributed by atoms with van der Waals surface area (Å²) in [6.07, 6.45) is 6.24. The van der Waals surface area contributed by atoms with Crippen LogP contribution in [-0.2, 0) is 9.59 Å². The second-order valence-corrected chi connectivity index (χ2v) is 8.90. The maximum atomic E-state index is 12.6. The molecule has 146 valence electrons. The minimum absolute atomic E-state index is 0.0875. The Balaban J connectivity index is 1.38. The second kappa shape index (κ2) is 8.03. The third kappa shape index (κ3) is 4.12. The number of benzene rings is 1. The molecule has 1 N–H and O–H groups in total. The first-order valence-electron chi connectivity index (χ1n) is 9.97. The summed E-state index contributed by atoms with van der Waals surface area (Å²) in [7, 11) is 0. The number of rotatable bonds is 4. The number of hydrogen-bond acceptors (Lipinski definition) is 4. The third-order valence-corrected chi connectivity index (χ3v) is 6.59. The van der Waals surface area contributed by atoms with E-state index in [1.807, 2.05) is 26.0 Å². The third-order valence-electron chi connectivity index (χ3n) is 5.34. The summed E-state index contributed by atoms with van der Waals surface area (Å²) in [6, 6.07) is 5.97. The van der Waals surface area contributed by atoms with Crippen molar-refractivity contribution in [3.05, 3.63) is 39.8 Å². The lowest BCUT2D eigenvalue weighted by atomic mass is 9.94. The van der Waals surface area contributed by atoms with Crippen LogP contribution in [0.4, 0.5) is 5.69 Å². The predicted molar refractivity (Wildman–Crippen MR) is 115 cm³/mol. The Morgan fingerprint density at radius 1 is 1.11 bits per heavy atom. The van der Waals surface area contributed by atoms with Gasteiger partial charge in [0.25, 0.3) is 5.91 Å². The summed E-state index contributed by atoms with van der Waals surface area (Å²) in [5, 5.41) is 3.80. The molecule has 2 heterocycles. The molecule has 1 aliphatic carbocycles. The molecule has 1 atom stereocenters. The molecular weight excluding hydrogens is 370 g/mol. The van der Waals surface area contributed by atoms with Crippen LogP contribution < -0.4 is 5.32 Å². The van der Waals surface area contributed by atoms with E-state index in [9.17, 15) is 9.59 Å². The van der Waals surface area contributed by atoms with Gasteiger partial charge < -0.3 is 5.32 Å². The summed E-state index contributed by atoms with van der Waals surface area (Å²) in [5.74, 6) is 0.0486. The number of fused-ring (bicyclic) bond motifs is 2. The molecule has 0 saturated heterocycles. The van der Waals surface area contributed by atoms with E-state index in [1.54, 1.807) is 11.8 Å². The minimum atomic E-state index is -0.244. The van der Waals surface area contributed by atoms with Crippen molar-refractivity contribution in [1.29, 1.82) is 0 Å². The monoisotopic (exact) mass is 395 g/mol. The first-order chi connectivity index (χ1) is 13.5. The zero-order chi connectivity index (χ0) is 19.7. The Labute approximate surface area is 169 Å². The molecule has 0 bridgehead atoms. The van der Waals surface area contributed by atoms with Crippen LogP contribution in [0, 0.1) is 19.8 Å². The average molecular weight is 396 g/mol.